The number of benzene rings is 2. The molecule has 1 N–H and O–H groups in total. The Balaban J connectivity index is 2.11. The second kappa shape index (κ2) is 6.84. The van der Waals surface area contributed by atoms with Crippen LogP contribution in [0.3, 0.4) is 0 Å². The lowest BCUT2D eigenvalue weighted by molar-refractivity contribution is -0.403. The lowest BCUT2D eigenvalue weighted by Crippen LogP contribution is -2.45. The summed E-state index contributed by atoms with van der Waals surface area (Å²) in [5.41, 5.74) is 1.40. The monoisotopic (exact) mass is 324 g/mol. The van der Waals surface area contributed by atoms with E-state index in [0.29, 0.717) is 6.54 Å². The van der Waals surface area contributed by atoms with Gasteiger partial charge in [-0.15, -0.1) is 0 Å². The molecule has 124 valence electrons. The van der Waals surface area contributed by atoms with Crippen molar-refractivity contribution in [2.24, 2.45) is 0 Å². The Morgan fingerprint density at radius 1 is 1.17 bits per heavy atom. The highest BCUT2D eigenvalue weighted by molar-refractivity contribution is 5.36. The molecule has 0 amide bonds. The van der Waals surface area contributed by atoms with Gasteiger partial charge < -0.3 is 10.0 Å². The molecular formula is C19H20N2O3. The van der Waals surface area contributed by atoms with Gasteiger partial charge in [0.2, 0.25) is 6.20 Å². The molecule has 0 saturated carbocycles. The molecule has 5 heteroatoms. The van der Waals surface area contributed by atoms with Crippen molar-refractivity contribution in [2.75, 3.05) is 13.2 Å². The van der Waals surface area contributed by atoms with Crippen LogP contribution in [0.2, 0.25) is 0 Å². The van der Waals surface area contributed by atoms with Crippen LogP contribution >= 0.6 is 0 Å². The summed E-state index contributed by atoms with van der Waals surface area (Å²) in [6, 6.07) is 19.8. The van der Waals surface area contributed by atoms with Crippen molar-refractivity contribution in [3.8, 4) is 0 Å². The smallest absolute Gasteiger partial charge is 0.250 e. The molecule has 0 unspecified atom stereocenters. The number of likely N-dealkylation sites (tertiary alicyclic amines) is 1. The Morgan fingerprint density at radius 3 is 2.38 bits per heavy atom. The molecule has 0 aromatic heterocycles. The predicted molar refractivity (Wildman–Crippen MR) is 91.8 cm³/mol. The van der Waals surface area contributed by atoms with Crippen LogP contribution in [0, 0.1) is 10.1 Å². The molecule has 3 rings (SSSR count). The van der Waals surface area contributed by atoms with E-state index in [1.165, 1.54) is 6.20 Å². The number of rotatable bonds is 5. The van der Waals surface area contributed by atoms with Crippen molar-refractivity contribution in [1.29, 1.82) is 0 Å². The maximum absolute atomic E-state index is 10.8. The topological polar surface area (TPSA) is 66.6 Å². The fraction of sp³-hybridized carbons (Fsp3) is 0.263. The summed E-state index contributed by atoms with van der Waals surface area (Å²) in [5.74, 6) is 0.0579. The van der Waals surface area contributed by atoms with Crippen molar-refractivity contribution < 1.29 is 10.0 Å². The molecule has 24 heavy (non-hydrogen) atoms. The SMILES string of the molecule is O=[N+]([O-])/C=C/N1CC[C@H](c2ccccc2)[C@@]1(CO)c1ccccc1. The number of hydrogen-bond acceptors (Lipinski definition) is 4. The first-order valence-electron chi connectivity index (χ1n) is 7.98. The normalized spacial score (nSPS) is 23.7. The summed E-state index contributed by atoms with van der Waals surface area (Å²) < 4.78 is 0. The summed E-state index contributed by atoms with van der Waals surface area (Å²) in [4.78, 5) is 12.2. The third-order valence-corrected chi connectivity index (χ3v) is 4.83. The quantitative estimate of drug-likeness (QED) is 0.678. The third-order valence-electron chi connectivity index (χ3n) is 4.83. The predicted octanol–water partition coefficient (Wildman–Crippen LogP) is 3.11. The van der Waals surface area contributed by atoms with Crippen molar-refractivity contribution in [1.82, 2.24) is 4.90 Å². The summed E-state index contributed by atoms with van der Waals surface area (Å²) in [6.07, 6.45) is 3.26. The lowest BCUT2D eigenvalue weighted by atomic mass is 9.75. The molecule has 1 fully saturated rings. The molecule has 1 aliphatic rings. The Hall–Kier alpha value is -2.66. The minimum Gasteiger partial charge on any atom is -0.394 e. The minimum absolute atomic E-state index is 0.0579. The van der Waals surface area contributed by atoms with Gasteiger partial charge in [0.25, 0.3) is 0 Å². The van der Waals surface area contributed by atoms with Gasteiger partial charge in [0.15, 0.2) is 0 Å². The van der Waals surface area contributed by atoms with Crippen LogP contribution in [-0.2, 0) is 5.54 Å². The zero-order valence-corrected chi connectivity index (χ0v) is 13.3. The highest BCUT2D eigenvalue weighted by atomic mass is 16.6. The van der Waals surface area contributed by atoms with Gasteiger partial charge in [-0.05, 0) is 17.5 Å². The van der Waals surface area contributed by atoms with Gasteiger partial charge in [0, 0.05) is 12.5 Å². The molecule has 1 aliphatic heterocycles. The van der Waals surface area contributed by atoms with Gasteiger partial charge in [-0.1, -0.05) is 60.7 Å². The van der Waals surface area contributed by atoms with E-state index in [1.807, 2.05) is 53.4 Å². The third kappa shape index (κ3) is 2.78. The van der Waals surface area contributed by atoms with Gasteiger partial charge in [0.05, 0.1) is 23.3 Å². The molecule has 0 spiro atoms. The maximum Gasteiger partial charge on any atom is 0.250 e. The van der Waals surface area contributed by atoms with Crippen molar-refractivity contribution in [3.05, 3.63) is 94.3 Å². The molecule has 0 radical (unpaired) electrons. The van der Waals surface area contributed by atoms with Gasteiger partial charge in [-0.25, -0.2) is 0 Å². The first-order valence-corrected chi connectivity index (χ1v) is 7.98. The van der Waals surface area contributed by atoms with E-state index >= 15 is 0 Å². The largest absolute Gasteiger partial charge is 0.394 e. The standard InChI is InChI=1S/C19H20N2O3/c22-15-19(17-9-5-2-6-10-17)18(16-7-3-1-4-8-16)11-12-20(19)13-14-21(23)24/h1-10,13-14,18,22H,11-12,15H2/b14-13+/t18-,19-/m1/s1. The molecule has 2 atom stereocenters. The average Bonchev–Trinajstić information content (AvgIpc) is 3.01. The van der Waals surface area contributed by atoms with E-state index in [0.717, 1.165) is 23.7 Å². The fourth-order valence-electron chi connectivity index (χ4n) is 3.76. The Kier molecular flexibility index (Phi) is 4.62. The van der Waals surface area contributed by atoms with Gasteiger partial charge in [-0.3, -0.25) is 10.1 Å². The highest BCUT2D eigenvalue weighted by Gasteiger charge is 2.49. The van der Waals surface area contributed by atoms with Crippen LogP contribution in [0.25, 0.3) is 0 Å². The van der Waals surface area contributed by atoms with Crippen LogP contribution in [0.5, 0.6) is 0 Å². The van der Waals surface area contributed by atoms with E-state index in [4.69, 9.17) is 0 Å². The summed E-state index contributed by atoms with van der Waals surface area (Å²) in [6.45, 7) is 0.540. The number of hydrogen-bond donors (Lipinski definition) is 1. The molecule has 2 aromatic carbocycles. The van der Waals surface area contributed by atoms with E-state index in [1.54, 1.807) is 0 Å². The van der Waals surface area contributed by atoms with Crippen LogP contribution in [0.4, 0.5) is 0 Å². The van der Waals surface area contributed by atoms with Gasteiger partial charge >= 0.3 is 0 Å². The second-order valence-electron chi connectivity index (χ2n) is 5.98. The Morgan fingerprint density at radius 2 is 1.79 bits per heavy atom. The Labute approximate surface area is 141 Å². The number of nitro groups is 1. The average molecular weight is 324 g/mol. The molecule has 5 nitrogen and oxygen atoms in total. The van der Waals surface area contributed by atoms with Gasteiger partial charge in [-0.2, -0.15) is 0 Å². The van der Waals surface area contributed by atoms with E-state index in [9.17, 15) is 15.2 Å². The first kappa shape index (κ1) is 16.2. The Bertz CT molecular complexity index is 718. The van der Waals surface area contributed by atoms with Crippen molar-refractivity contribution >= 4 is 0 Å². The van der Waals surface area contributed by atoms with Crippen LogP contribution in [0.1, 0.15) is 23.5 Å². The fourth-order valence-corrected chi connectivity index (χ4v) is 3.76. The first-order chi connectivity index (χ1) is 11.7. The number of nitrogens with zero attached hydrogens (tertiary/aromatic N) is 2. The van der Waals surface area contributed by atoms with Crippen molar-refractivity contribution in [2.45, 2.75) is 17.9 Å². The molecule has 1 heterocycles. The number of aliphatic hydroxyl groups is 1. The maximum atomic E-state index is 10.8. The summed E-state index contributed by atoms with van der Waals surface area (Å²) in [5, 5.41) is 21.2. The van der Waals surface area contributed by atoms with E-state index in [-0.39, 0.29) is 12.5 Å². The zero-order chi connectivity index (χ0) is 17.0. The van der Waals surface area contributed by atoms with Crippen LogP contribution in [-0.4, -0.2) is 28.1 Å². The molecule has 0 bridgehead atoms. The molecular weight excluding hydrogens is 304 g/mol. The summed E-state index contributed by atoms with van der Waals surface area (Å²) in [7, 11) is 0. The van der Waals surface area contributed by atoms with E-state index < -0.39 is 10.5 Å². The molecule has 1 saturated heterocycles. The summed E-state index contributed by atoms with van der Waals surface area (Å²) >= 11 is 0. The van der Waals surface area contributed by atoms with E-state index in [2.05, 4.69) is 12.1 Å². The second-order valence-corrected chi connectivity index (χ2v) is 5.98. The lowest BCUT2D eigenvalue weighted by Gasteiger charge is -2.41. The number of aliphatic hydroxyl groups excluding tert-OH is 1. The van der Waals surface area contributed by atoms with Crippen LogP contribution in [0.15, 0.2) is 73.1 Å². The minimum atomic E-state index is -0.699. The van der Waals surface area contributed by atoms with Crippen LogP contribution < -0.4 is 0 Å². The zero-order valence-electron chi connectivity index (χ0n) is 13.3. The molecule has 2 aromatic rings. The van der Waals surface area contributed by atoms with Crippen molar-refractivity contribution in [3.63, 3.8) is 0 Å². The highest BCUT2D eigenvalue weighted by Crippen LogP contribution is 2.49. The molecule has 0 aliphatic carbocycles. The van der Waals surface area contributed by atoms with Gasteiger partial charge in [0.1, 0.15) is 0 Å².